The van der Waals surface area contributed by atoms with E-state index in [-0.39, 0.29) is 57.4 Å². The van der Waals surface area contributed by atoms with Crippen molar-refractivity contribution < 1.29 is 46.4 Å². The Morgan fingerprint density at radius 3 is 1.26 bits per heavy atom. The lowest BCUT2D eigenvalue weighted by molar-refractivity contribution is -0.384. The van der Waals surface area contributed by atoms with Crippen molar-refractivity contribution in [2.45, 2.75) is 36.6 Å². The van der Waals surface area contributed by atoms with Crippen LogP contribution in [0.3, 0.4) is 0 Å². The molecule has 62 heavy (non-hydrogen) atoms. The van der Waals surface area contributed by atoms with Gasteiger partial charge in [0.1, 0.15) is 0 Å². The monoisotopic (exact) mass is 902 g/mol. The molecule has 328 valence electrons. The number of hydrogen-bond donors (Lipinski definition) is 2. The van der Waals surface area contributed by atoms with Gasteiger partial charge in [-0.15, -0.1) is 23.5 Å². The second kappa shape index (κ2) is 17.9. The largest absolute Gasteiger partial charge is 0.422 e. The minimum Gasteiger partial charge on any atom is -0.375 e. The first-order valence-corrected chi connectivity index (χ1v) is 21.5. The van der Waals surface area contributed by atoms with Gasteiger partial charge >= 0.3 is 12.4 Å². The SMILES string of the molecule is O=[N+]([O-])c1ccc2c(C(O)(CN3CCSC3)C(F)(F)F)cn(Cc3ccccc3)c2c1.O=[N+]([O-])c1ccc2c(C(O)(CN3CCSC3)C(F)(F)F)cn(Cc3ccccc3)c2c1. The Hall–Kier alpha value is -5.12. The van der Waals surface area contributed by atoms with Crippen LogP contribution < -0.4 is 0 Å². The number of aromatic nitrogens is 2. The summed E-state index contributed by atoms with van der Waals surface area (Å²) in [5, 5.41) is 44.8. The standard InChI is InChI=1S/2C21H20F3N3O3S/c2*22-21(23,24)20(28,13-25-8-9-31-14-25)18-12-26(11-15-4-2-1-3-5-15)19-10-16(27(29)30)6-7-17(18)19/h2*1-7,10,12,28H,8-9,11,13-14H2. The Labute approximate surface area is 359 Å². The summed E-state index contributed by atoms with van der Waals surface area (Å²) in [6.07, 6.45) is -7.29. The number of alkyl halides is 6. The van der Waals surface area contributed by atoms with E-state index in [4.69, 9.17) is 0 Å². The van der Waals surface area contributed by atoms with Gasteiger partial charge in [-0.25, -0.2) is 0 Å². The highest BCUT2D eigenvalue weighted by molar-refractivity contribution is 7.99. The van der Waals surface area contributed by atoms with Crippen LogP contribution >= 0.6 is 23.5 Å². The van der Waals surface area contributed by atoms with Crippen molar-refractivity contribution in [3.8, 4) is 0 Å². The van der Waals surface area contributed by atoms with Crippen molar-refractivity contribution in [3.05, 3.63) is 152 Å². The Kier molecular flexibility index (Phi) is 13.0. The van der Waals surface area contributed by atoms with Crippen LogP contribution in [0.5, 0.6) is 0 Å². The molecule has 0 amide bonds. The average molecular weight is 903 g/mol. The van der Waals surface area contributed by atoms with Crippen LogP contribution in [0, 0.1) is 20.2 Å². The molecule has 4 heterocycles. The average Bonchev–Trinajstić information content (AvgIpc) is 4.06. The van der Waals surface area contributed by atoms with Crippen molar-refractivity contribution in [1.29, 1.82) is 0 Å². The molecule has 2 aromatic heterocycles. The molecule has 20 heteroatoms. The molecular weight excluding hydrogens is 863 g/mol. The number of β-amino-alcohol motifs (C(OH)–C–C–N with tert-alkyl or cyclic N) is 2. The lowest BCUT2D eigenvalue weighted by Crippen LogP contribution is -2.50. The molecule has 2 aliphatic heterocycles. The maximum absolute atomic E-state index is 14.2. The first kappa shape index (κ1) is 44.9. The fraction of sp³-hybridized carbons (Fsp3) is 0.333. The third kappa shape index (κ3) is 9.30. The molecule has 0 radical (unpaired) electrons. The van der Waals surface area contributed by atoms with Gasteiger partial charge in [0.05, 0.1) is 20.9 Å². The van der Waals surface area contributed by atoms with Gasteiger partial charge in [0.2, 0.25) is 11.2 Å². The predicted octanol–water partition coefficient (Wildman–Crippen LogP) is 8.71. The minimum atomic E-state index is -4.92. The van der Waals surface area contributed by atoms with Crippen LogP contribution in [0.2, 0.25) is 0 Å². The van der Waals surface area contributed by atoms with Gasteiger partial charge in [-0.1, -0.05) is 60.7 Å². The number of aliphatic hydroxyl groups is 2. The normalized spacial score (nSPS) is 17.2. The van der Waals surface area contributed by atoms with E-state index in [2.05, 4.69) is 0 Å². The van der Waals surface area contributed by atoms with E-state index in [0.717, 1.165) is 11.1 Å². The van der Waals surface area contributed by atoms with Crippen LogP contribution in [0.4, 0.5) is 37.7 Å². The van der Waals surface area contributed by atoms with E-state index in [9.17, 15) is 56.8 Å². The van der Waals surface area contributed by atoms with E-state index in [1.807, 2.05) is 60.7 Å². The smallest absolute Gasteiger partial charge is 0.375 e. The quantitative estimate of drug-likeness (QED) is 0.0696. The first-order chi connectivity index (χ1) is 29.4. The second-order valence-electron chi connectivity index (χ2n) is 15.1. The van der Waals surface area contributed by atoms with Crippen LogP contribution in [0.1, 0.15) is 22.3 Å². The Bertz CT molecular complexity index is 2370. The molecule has 0 saturated carbocycles. The molecule has 12 nitrogen and oxygen atoms in total. The summed E-state index contributed by atoms with van der Waals surface area (Å²) in [6, 6.07) is 25.6. The van der Waals surface area contributed by atoms with Gasteiger partial charge in [0.25, 0.3) is 11.4 Å². The third-order valence-electron chi connectivity index (χ3n) is 10.9. The number of nitro groups is 2. The molecule has 6 aromatic rings. The van der Waals surface area contributed by atoms with Gasteiger partial charge in [-0.05, 0) is 23.3 Å². The maximum Gasteiger partial charge on any atom is 0.422 e. The van der Waals surface area contributed by atoms with Crippen molar-refractivity contribution in [2.24, 2.45) is 0 Å². The van der Waals surface area contributed by atoms with E-state index in [1.165, 1.54) is 81.4 Å². The minimum absolute atomic E-state index is 0.146. The summed E-state index contributed by atoms with van der Waals surface area (Å²) in [7, 11) is 0. The second-order valence-corrected chi connectivity index (χ2v) is 17.3. The number of thioether (sulfide) groups is 2. The van der Waals surface area contributed by atoms with Crippen LogP contribution in [0.15, 0.2) is 109 Å². The summed E-state index contributed by atoms with van der Waals surface area (Å²) in [5.74, 6) is 2.23. The molecule has 0 aliphatic carbocycles. The van der Waals surface area contributed by atoms with Crippen molar-refractivity contribution in [1.82, 2.24) is 18.9 Å². The lowest BCUT2D eigenvalue weighted by atomic mass is 9.92. The summed E-state index contributed by atoms with van der Waals surface area (Å²) < 4.78 is 88.3. The fourth-order valence-electron chi connectivity index (χ4n) is 7.72. The number of halogens is 6. The molecule has 2 fully saturated rings. The van der Waals surface area contributed by atoms with E-state index in [0.29, 0.717) is 36.3 Å². The number of non-ortho nitro benzene ring substituents is 2. The van der Waals surface area contributed by atoms with E-state index < -0.39 is 46.5 Å². The highest BCUT2D eigenvalue weighted by Crippen LogP contribution is 2.46. The molecule has 0 bridgehead atoms. The summed E-state index contributed by atoms with van der Waals surface area (Å²) in [6.45, 7) is 0.155. The Morgan fingerprint density at radius 1 is 0.581 bits per heavy atom. The fourth-order valence-corrected chi connectivity index (χ4v) is 9.71. The van der Waals surface area contributed by atoms with Crippen LogP contribution in [-0.2, 0) is 24.3 Å². The summed E-state index contributed by atoms with van der Waals surface area (Å²) >= 11 is 3.02. The van der Waals surface area contributed by atoms with E-state index >= 15 is 0 Å². The zero-order chi connectivity index (χ0) is 44.5. The predicted molar refractivity (Wildman–Crippen MR) is 226 cm³/mol. The molecule has 2 atom stereocenters. The molecule has 8 rings (SSSR count). The van der Waals surface area contributed by atoms with Crippen molar-refractivity contribution in [2.75, 3.05) is 49.4 Å². The van der Waals surface area contributed by atoms with Gasteiger partial charge in [0.15, 0.2) is 0 Å². The molecular formula is C42H40F6N6O6S2. The van der Waals surface area contributed by atoms with Gasteiger partial charge in [-0.2, -0.15) is 26.3 Å². The number of nitro benzene ring substituents is 2. The highest BCUT2D eigenvalue weighted by Gasteiger charge is 2.58. The van der Waals surface area contributed by atoms with Crippen LogP contribution in [-0.4, -0.2) is 101 Å². The number of rotatable bonds is 12. The van der Waals surface area contributed by atoms with Crippen molar-refractivity contribution in [3.63, 3.8) is 0 Å². The molecule has 2 aliphatic rings. The summed E-state index contributed by atoms with van der Waals surface area (Å²) in [5.41, 5.74) is -5.06. The zero-order valence-corrected chi connectivity index (χ0v) is 34.4. The third-order valence-corrected chi connectivity index (χ3v) is 13.0. The molecule has 0 spiro atoms. The van der Waals surface area contributed by atoms with Crippen molar-refractivity contribution >= 4 is 56.7 Å². The zero-order valence-electron chi connectivity index (χ0n) is 32.8. The number of hydrogen-bond acceptors (Lipinski definition) is 10. The number of fused-ring (bicyclic) bond motifs is 2. The highest BCUT2D eigenvalue weighted by atomic mass is 32.2. The lowest BCUT2D eigenvalue weighted by Gasteiger charge is -2.33. The molecule has 2 N–H and O–H groups in total. The number of nitrogens with zero attached hydrogens (tertiary/aromatic N) is 6. The first-order valence-electron chi connectivity index (χ1n) is 19.2. The molecule has 2 unspecified atom stereocenters. The maximum atomic E-state index is 14.2. The number of benzene rings is 4. The van der Waals surface area contributed by atoms with Gasteiger partial charge < -0.3 is 19.3 Å². The summed E-state index contributed by atoms with van der Waals surface area (Å²) in [4.78, 5) is 24.5. The van der Waals surface area contributed by atoms with Crippen LogP contribution in [0.25, 0.3) is 21.8 Å². The molecule has 2 saturated heterocycles. The van der Waals surface area contributed by atoms with Gasteiger partial charge in [-0.3, -0.25) is 30.0 Å². The molecule has 4 aromatic carbocycles. The Balaban J connectivity index is 0.000000186. The van der Waals surface area contributed by atoms with E-state index in [1.54, 1.807) is 9.80 Å². The Morgan fingerprint density at radius 2 is 0.952 bits per heavy atom. The van der Waals surface area contributed by atoms with Gasteiger partial charge in [0, 0.05) is 121 Å². The topological polar surface area (TPSA) is 143 Å².